The Morgan fingerprint density at radius 3 is 2.14 bits per heavy atom. The Morgan fingerprint density at radius 2 is 1.42 bits per heavy atom. The van der Waals surface area contributed by atoms with E-state index in [1.807, 2.05) is 10.6 Å². The van der Waals surface area contributed by atoms with Gasteiger partial charge in [0.05, 0.1) is 33.1 Å². The maximum Gasteiger partial charge on any atom is 0.262 e. The predicted molar refractivity (Wildman–Crippen MR) is 267 cm³/mol. The average molecular weight is 1000 g/mol. The predicted octanol–water partition coefficient (Wildman–Crippen LogP) is 5.69. The Morgan fingerprint density at radius 1 is 0.732 bits per heavy atom. The van der Waals surface area contributed by atoms with Gasteiger partial charge in [0, 0.05) is 100 Å². The summed E-state index contributed by atoms with van der Waals surface area (Å²) in [5.41, 5.74) is 5.11. The zero-order valence-corrected chi connectivity index (χ0v) is 40.6. The molecule has 20 heteroatoms. The summed E-state index contributed by atoms with van der Waals surface area (Å²) in [6.07, 6.45) is 8.39. The number of imidazole rings is 1. The fraction of sp³-hybridized carbons (Fsp3) is 0.431. The van der Waals surface area contributed by atoms with Gasteiger partial charge in [-0.3, -0.25) is 43.9 Å². The Kier molecular flexibility index (Phi) is 12.9. The van der Waals surface area contributed by atoms with Crippen LogP contribution in [0.25, 0.3) is 11.2 Å². The highest BCUT2D eigenvalue weighted by atomic mass is 35.5. The summed E-state index contributed by atoms with van der Waals surface area (Å²) in [4.78, 5) is 101. The monoisotopic (exact) mass is 1000 g/mol. The van der Waals surface area contributed by atoms with E-state index in [0.29, 0.717) is 58.8 Å². The summed E-state index contributed by atoms with van der Waals surface area (Å²) < 4.78 is 2.05. The fourth-order valence-corrected chi connectivity index (χ4v) is 11.8. The van der Waals surface area contributed by atoms with Crippen molar-refractivity contribution < 1.29 is 28.8 Å². The third-order valence-corrected chi connectivity index (χ3v) is 16.0. The highest BCUT2D eigenvalue weighted by Gasteiger charge is 2.45. The van der Waals surface area contributed by atoms with Gasteiger partial charge in [0.1, 0.15) is 12.4 Å². The molecule has 4 saturated heterocycles. The van der Waals surface area contributed by atoms with E-state index >= 15 is 0 Å². The van der Waals surface area contributed by atoms with E-state index in [4.69, 9.17) is 23.2 Å². The van der Waals surface area contributed by atoms with E-state index in [2.05, 4.69) is 74.8 Å². The van der Waals surface area contributed by atoms with Crippen molar-refractivity contribution in [2.45, 2.75) is 69.5 Å². The summed E-state index contributed by atoms with van der Waals surface area (Å²) in [5, 5.41) is 9.38. The number of imide groups is 2. The number of nitrogens with one attached hydrogen (secondary N) is 3. The molecule has 0 spiro atoms. The fourth-order valence-electron chi connectivity index (χ4n) is 11.2. The van der Waals surface area contributed by atoms with Gasteiger partial charge in [-0.1, -0.05) is 29.3 Å². The Bertz CT molecular complexity index is 2900. The Balaban J connectivity index is 0.603. The van der Waals surface area contributed by atoms with E-state index in [9.17, 15) is 28.8 Å². The molecule has 7 heterocycles. The van der Waals surface area contributed by atoms with Crippen molar-refractivity contribution in [3.05, 3.63) is 100 Å². The zero-order valence-electron chi connectivity index (χ0n) is 39.1. The van der Waals surface area contributed by atoms with Crippen LogP contribution in [0.3, 0.4) is 0 Å². The van der Waals surface area contributed by atoms with Crippen molar-refractivity contribution >= 4 is 92.7 Å². The van der Waals surface area contributed by atoms with Crippen molar-refractivity contribution in [1.82, 2.24) is 44.9 Å². The summed E-state index contributed by atoms with van der Waals surface area (Å²) in [6.45, 7) is 7.76. The molecule has 1 atom stereocenters. The second kappa shape index (κ2) is 19.5. The van der Waals surface area contributed by atoms with Crippen molar-refractivity contribution in [2.75, 3.05) is 74.0 Å². The number of anilines is 4. The van der Waals surface area contributed by atoms with E-state index in [0.717, 1.165) is 93.4 Å². The van der Waals surface area contributed by atoms with Crippen LogP contribution in [0.1, 0.15) is 88.5 Å². The number of rotatable bonds is 11. The molecular weight excluding hydrogens is 948 g/mol. The number of hydrogen-bond donors (Lipinski definition) is 3. The van der Waals surface area contributed by atoms with E-state index < -0.39 is 29.7 Å². The van der Waals surface area contributed by atoms with E-state index in [1.54, 1.807) is 43.0 Å². The quantitative estimate of drug-likeness (QED) is 0.137. The van der Waals surface area contributed by atoms with Gasteiger partial charge < -0.3 is 29.9 Å². The van der Waals surface area contributed by atoms with E-state index in [1.165, 1.54) is 5.69 Å². The zero-order chi connectivity index (χ0) is 48.9. The second-order valence-corrected chi connectivity index (χ2v) is 20.4. The number of nitrogens with zero attached hydrogens (tertiary/aromatic N) is 9. The molecule has 5 aliphatic heterocycles. The third kappa shape index (κ3) is 9.28. The number of likely N-dealkylation sites (tertiary alicyclic amines) is 1. The van der Waals surface area contributed by atoms with Crippen LogP contribution in [0.5, 0.6) is 0 Å². The first kappa shape index (κ1) is 46.7. The molecule has 0 unspecified atom stereocenters. The lowest BCUT2D eigenvalue weighted by Crippen LogP contribution is -2.54. The lowest BCUT2D eigenvalue weighted by atomic mass is 9.86. The highest BCUT2D eigenvalue weighted by Crippen LogP contribution is 2.37. The van der Waals surface area contributed by atoms with Crippen molar-refractivity contribution in [1.29, 1.82) is 0 Å². The standard InChI is InChI=1S/C51H54Cl2N12O6/c52-39-2-1-3-40(53)43(39)48(68)58-33-24-36(25-33)64-29-56-44-45(54-28-55-46(44)64)57-32-4-6-34(7-5-32)62-22-20-60(21-23-62)27-30-12-16-63(17-13-30)49(69)31-14-18-61(19-15-31)35-8-9-37-38(26-35)51(71)65(50(37)70)41-10-11-42(66)59-47(41)67/h1-9,26,28-31,33,36,41H,10-25,27H2,(H,58,68)(H,54,55,57)(H,59,66,67)/t33?,36?,41-/m0/s1. The van der Waals surface area contributed by atoms with Crippen LogP contribution in [0, 0.1) is 11.8 Å². The number of amides is 6. The maximum absolute atomic E-state index is 13.7. The minimum Gasteiger partial charge on any atom is -0.371 e. The molecule has 2 aromatic heterocycles. The summed E-state index contributed by atoms with van der Waals surface area (Å²) >= 11 is 12.5. The Labute approximate surface area is 420 Å². The molecule has 18 nitrogen and oxygen atoms in total. The summed E-state index contributed by atoms with van der Waals surface area (Å²) in [7, 11) is 0. The number of aromatic nitrogens is 4. The van der Waals surface area contributed by atoms with Crippen LogP contribution in [0.2, 0.25) is 10.0 Å². The molecular formula is C51H54Cl2N12O6. The van der Waals surface area contributed by atoms with Crippen LogP contribution in [0.4, 0.5) is 22.9 Å². The van der Waals surface area contributed by atoms with Gasteiger partial charge in [0.15, 0.2) is 17.0 Å². The Hall–Kier alpha value is -6.63. The van der Waals surface area contributed by atoms with Gasteiger partial charge in [-0.05, 0) is 105 Å². The lowest BCUT2D eigenvalue weighted by molar-refractivity contribution is -0.138. The average Bonchev–Trinajstić information content (AvgIpc) is 3.90. The molecule has 71 heavy (non-hydrogen) atoms. The summed E-state index contributed by atoms with van der Waals surface area (Å²) in [6, 6.07) is 17.8. The number of piperidine rings is 3. The van der Waals surface area contributed by atoms with Crippen molar-refractivity contribution in [3.63, 3.8) is 0 Å². The second-order valence-electron chi connectivity index (χ2n) is 19.6. The third-order valence-electron chi connectivity index (χ3n) is 15.3. The van der Waals surface area contributed by atoms with Crippen LogP contribution in [0.15, 0.2) is 73.3 Å². The highest BCUT2D eigenvalue weighted by molar-refractivity contribution is 6.39. The number of hydrogen-bond acceptors (Lipinski definition) is 13. The van der Waals surface area contributed by atoms with Gasteiger partial charge in [-0.15, -0.1) is 0 Å². The van der Waals surface area contributed by atoms with Crippen LogP contribution in [-0.4, -0.2) is 141 Å². The smallest absolute Gasteiger partial charge is 0.262 e. The van der Waals surface area contributed by atoms with Crippen molar-refractivity contribution in [3.8, 4) is 0 Å². The van der Waals surface area contributed by atoms with Gasteiger partial charge in [0.2, 0.25) is 17.7 Å². The lowest BCUT2D eigenvalue weighted by Gasteiger charge is -2.41. The first-order valence-corrected chi connectivity index (χ1v) is 25.4. The minimum atomic E-state index is -1.00. The molecule has 11 rings (SSSR count). The SMILES string of the molecule is O=C1CC[C@H](N2C(=O)c3ccc(N4CCC(C(=O)N5CCC(CN6CCN(c7ccc(Nc8ncnc9c8ncn9C8CC(NC(=O)c9c(Cl)cccc9Cl)C8)cc7)CC6)CC5)CC4)cc3C2=O)C(=O)N1. The first-order valence-electron chi connectivity index (χ1n) is 24.6. The van der Waals surface area contributed by atoms with Crippen LogP contribution >= 0.6 is 23.2 Å². The van der Waals surface area contributed by atoms with Gasteiger partial charge >= 0.3 is 0 Å². The normalized spacial score (nSPS) is 22.4. The molecule has 3 N–H and O–H groups in total. The van der Waals surface area contributed by atoms with Gasteiger partial charge in [-0.25, -0.2) is 15.0 Å². The first-order chi connectivity index (χ1) is 34.4. The molecule has 5 aromatic rings. The molecule has 5 fully saturated rings. The molecule has 368 valence electrons. The minimum absolute atomic E-state index is 0.0191. The van der Waals surface area contributed by atoms with E-state index in [-0.39, 0.29) is 53.8 Å². The number of carbonyl (C=O) groups excluding carboxylic acids is 6. The summed E-state index contributed by atoms with van der Waals surface area (Å²) in [5.74, 6) is -0.983. The molecule has 0 radical (unpaired) electrons. The number of carbonyl (C=O) groups is 6. The van der Waals surface area contributed by atoms with Crippen LogP contribution < -0.4 is 25.8 Å². The molecule has 3 aromatic carbocycles. The number of benzene rings is 3. The molecule has 1 aliphatic carbocycles. The van der Waals surface area contributed by atoms with Crippen molar-refractivity contribution in [2.24, 2.45) is 11.8 Å². The van der Waals surface area contributed by atoms with Crippen LogP contribution in [-0.2, 0) is 14.4 Å². The largest absolute Gasteiger partial charge is 0.371 e. The number of halogens is 2. The van der Waals surface area contributed by atoms with Gasteiger partial charge in [-0.2, -0.15) is 0 Å². The topological polar surface area (TPSA) is 198 Å². The molecule has 6 amide bonds. The van der Waals surface area contributed by atoms with Gasteiger partial charge in [0.25, 0.3) is 17.7 Å². The molecule has 1 saturated carbocycles. The molecule has 0 bridgehead atoms. The number of fused-ring (bicyclic) bond motifs is 2. The number of piperazine rings is 1. The maximum atomic E-state index is 13.7. The molecule has 6 aliphatic rings.